The van der Waals surface area contributed by atoms with Crippen LogP contribution in [0.3, 0.4) is 0 Å². The first kappa shape index (κ1) is 27.4. The van der Waals surface area contributed by atoms with Gasteiger partial charge in [0.05, 0.1) is 19.1 Å². The number of likely N-dealkylation sites (tertiary alicyclic amines) is 1. The van der Waals surface area contributed by atoms with E-state index in [0.717, 1.165) is 42.0 Å². The first-order valence-corrected chi connectivity index (χ1v) is 12.1. The Hall–Kier alpha value is -4.60. The second-order valence-electron chi connectivity index (χ2n) is 8.84. The first-order chi connectivity index (χ1) is 18.7. The number of carbonyl (C=O) groups is 2. The van der Waals surface area contributed by atoms with E-state index in [2.05, 4.69) is 41.4 Å². The molecule has 1 N–H and O–H groups in total. The van der Waals surface area contributed by atoms with E-state index in [1.807, 2.05) is 46.0 Å². The zero-order valence-electron chi connectivity index (χ0n) is 21.1. The van der Waals surface area contributed by atoms with Crippen LogP contribution in [0.15, 0.2) is 85.0 Å². The number of aliphatic carboxylic acids is 1. The monoisotopic (exact) mass is 537 g/mol. The van der Waals surface area contributed by atoms with Crippen molar-refractivity contribution in [2.24, 2.45) is 0 Å². The molecule has 10 heteroatoms. The molecule has 1 amide bonds. The maximum Gasteiger partial charge on any atom is 0.490 e. The number of benzene rings is 3. The summed E-state index contributed by atoms with van der Waals surface area (Å²) < 4.78 is 39.2. The minimum absolute atomic E-state index is 0.113. The highest BCUT2D eigenvalue weighted by Crippen LogP contribution is 2.28. The van der Waals surface area contributed by atoms with E-state index in [9.17, 15) is 18.0 Å². The van der Waals surface area contributed by atoms with Gasteiger partial charge in [0.2, 0.25) is 5.91 Å². The summed E-state index contributed by atoms with van der Waals surface area (Å²) in [6.07, 6.45) is 4.03. The fourth-order valence-corrected chi connectivity index (χ4v) is 4.39. The Morgan fingerprint density at radius 1 is 1.13 bits per heavy atom. The normalized spacial score (nSPS) is 14.7. The summed E-state index contributed by atoms with van der Waals surface area (Å²) in [5.41, 5.74) is 3.90. The van der Waals surface area contributed by atoms with Crippen LogP contribution < -0.4 is 4.74 Å². The maximum absolute atomic E-state index is 13.3. The minimum Gasteiger partial charge on any atom is -0.495 e. The third-order valence-corrected chi connectivity index (χ3v) is 6.25. The molecular formula is C29H26F3N3O4. The van der Waals surface area contributed by atoms with Crippen LogP contribution in [-0.2, 0) is 16.1 Å². The molecule has 1 fully saturated rings. The fraction of sp³-hybridized carbons (Fsp3) is 0.207. The first-order valence-electron chi connectivity index (χ1n) is 12.1. The molecule has 0 radical (unpaired) electrons. The van der Waals surface area contributed by atoms with Crippen LogP contribution in [0, 0.1) is 0 Å². The van der Waals surface area contributed by atoms with Crippen molar-refractivity contribution in [1.82, 2.24) is 14.5 Å². The molecule has 1 aliphatic heterocycles. The summed E-state index contributed by atoms with van der Waals surface area (Å²) >= 11 is 0. The average molecular weight is 538 g/mol. The molecule has 1 aromatic heterocycles. The quantitative estimate of drug-likeness (QED) is 0.322. The number of hydrogen-bond acceptors (Lipinski definition) is 4. The number of halogens is 3. The summed E-state index contributed by atoms with van der Waals surface area (Å²) in [7, 11) is 1.66. The van der Waals surface area contributed by atoms with E-state index in [4.69, 9.17) is 14.6 Å². The molecule has 0 bridgehead atoms. The van der Waals surface area contributed by atoms with Crippen molar-refractivity contribution >= 4 is 28.7 Å². The van der Waals surface area contributed by atoms with E-state index in [1.54, 1.807) is 19.6 Å². The van der Waals surface area contributed by atoms with Crippen molar-refractivity contribution in [3.05, 3.63) is 96.1 Å². The Morgan fingerprint density at radius 3 is 2.56 bits per heavy atom. The summed E-state index contributed by atoms with van der Waals surface area (Å²) in [6, 6.07) is 20.6. The zero-order chi connectivity index (χ0) is 28.0. The van der Waals surface area contributed by atoms with Gasteiger partial charge in [-0.05, 0) is 52.9 Å². The highest BCUT2D eigenvalue weighted by atomic mass is 19.4. The molecule has 5 rings (SSSR count). The SMILES string of the molecule is COc1cc(C=C2CCCN(Cc3cccc4ccccc34)C2=O)ccc1-n1ccnc1.O=C(O)C(F)(F)F. The molecule has 0 unspecified atom stereocenters. The van der Waals surface area contributed by atoms with Gasteiger partial charge in [0.25, 0.3) is 0 Å². The van der Waals surface area contributed by atoms with Crippen LogP contribution in [-0.4, -0.2) is 51.3 Å². The lowest BCUT2D eigenvalue weighted by atomic mass is 9.98. The van der Waals surface area contributed by atoms with Crippen LogP contribution in [0.5, 0.6) is 5.75 Å². The third-order valence-electron chi connectivity index (χ3n) is 6.25. The van der Waals surface area contributed by atoms with Crippen molar-refractivity contribution in [2.75, 3.05) is 13.7 Å². The fourth-order valence-electron chi connectivity index (χ4n) is 4.39. The predicted molar refractivity (Wildman–Crippen MR) is 140 cm³/mol. The smallest absolute Gasteiger partial charge is 0.490 e. The van der Waals surface area contributed by atoms with Crippen LogP contribution >= 0.6 is 0 Å². The van der Waals surface area contributed by atoms with E-state index < -0.39 is 12.1 Å². The Bertz CT molecular complexity index is 1490. The number of alkyl halides is 3. The number of aromatic nitrogens is 2. The molecule has 0 saturated carbocycles. The van der Waals surface area contributed by atoms with Crippen LogP contribution in [0.1, 0.15) is 24.0 Å². The topological polar surface area (TPSA) is 84.7 Å². The number of imidazole rings is 1. The number of fused-ring (bicyclic) bond motifs is 1. The van der Waals surface area contributed by atoms with Crippen molar-refractivity contribution < 1.29 is 32.6 Å². The van der Waals surface area contributed by atoms with Gasteiger partial charge in [0.15, 0.2) is 0 Å². The van der Waals surface area contributed by atoms with Crippen molar-refractivity contribution in [1.29, 1.82) is 0 Å². The Morgan fingerprint density at radius 2 is 1.87 bits per heavy atom. The van der Waals surface area contributed by atoms with E-state index >= 15 is 0 Å². The van der Waals surface area contributed by atoms with Gasteiger partial charge in [-0.3, -0.25) is 4.79 Å². The Labute approximate surface area is 222 Å². The van der Waals surface area contributed by atoms with Crippen molar-refractivity contribution in [3.8, 4) is 11.4 Å². The minimum atomic E-state index is -5.08. The van der Waals surface area contributed by atoms with Crippen LogP contribution in [0.2, 0.25) is 0 Å². The molecule has 1 aliphatic rings. The molecule has 4 aromatic rings. The lowest BCUT2D eigenvalue weighted by molar-refractivity contribution is -0.192. The number of carboxylic acids is 1. The number of hydrogen-bond donors (Lipinski definition) is 1. The van der Waals surface area contributed by atoms with Gasteiger partial charge in [-0.15, -0.1) is 0 Å². The molecule has 2 heterocycles. The second kappa shape index (κ2) is 11.8. The molecule has 39 heavy (non-hydrogen) atoms. The average Bonchev–Trinajstić information content (AvgIpc) is 3.46. The van der Waals surface area contributed by atoms with Crippen molar-refractivity contribution in [3.63, 3.8) is 0 Å². The van der Waals surface area contributed by atoms with Gasteiger partial charge in [-0.1, -0.05) is 48.5 Å². The molecule has 0 spiro atoms. The van der Waals surface area contributed by atoms with Gasteiger partial charge in [0.1, 0.15) is 5.75 Å². The number of rotatable bonds is 5. The Kier molecular flexibility index (Phi) is 8.33. The second-order valence-corrected chi connectivity index (χ2v) is 8.84. The number of amides is 1. The predicted octanol–water partition coefficient (Wildman–Crippen LogP) is 5.87. The van der Waals surface area contributed by atoms with E-state index in [0.29, 0.717) is 6.54 Å². The summed E-state index contributed by atoms with van der Waals surface area (Å²) in [5, 5.41) is 9.54. The zero-order valence-corrected chi connectivity index (χ0v) is 21.1. The molecule has 1 saturated heterocycles. The van der Waals surface area contributed by atoms with Gasteiger partial charge in [0, 0.05) is 31.1 Å². The van der Waals surface area contributed by atoms with Crippen molar-refractivity contribution in [2.45, 2.75) is 25.6 Å². The van der Waals surface area contributed by atoms with Crippen LogP contribution in [0.4, 0.5) is 13.2 Å². The van der Waals surface area contributed by atoms with Gasteiger partial charge in [-0.2, -0.15) is 13.2 Å². The molecule has 0 aliphatic carbocycles. The molecule has 7 nitrogen and oxygen atoms in total. The number of piperidine rings is 1. The van der Waals surface area contributed by atoms with E-state index in [-0.39, 0.29) is 5.91 Å². The van der Waals surface area contributed by atoms with E-state index in [1.165, 1.54) is 16.3 Å². The molecule has 0 atom stereocenters. The highest BCUT2D eigenvalue weighted by Gasteiger charge is 2.38. The summed E-state index contributed by atoms with van der Waals surface area (Å²) in [4.78, 5) is 28.3. The summed E-state index contributed by atoms with van der Waals surface area (Å²) in [6.45, 7) is 1.41. The number of ether oxygens (including phenoxy) is 1. The molecule has 202 valence electrons. The van der Waals surface area contributed by atoms with Crippen LogP contribution in [0.25, 0.3) is 22.5 Å². The lowest BCUT2D eigenvalue weighted by Crippen LogP contribution is -2.36. The van der Waals surface area contributed by atoms with Gasteiger partial charge in [-0.25, -0.2) is 9.78 Å². The summed E-state index contributed by atoms with van der Waals surface area (Å²) in [5.74, 6) is -1.90. The maximum atomic E-state index is 13.3. The number of nitrogens with zero attached hydrogens (tertiary/aromatic N) is 3. The lowest BCUT2D eigenvalue weighted by Gasteiger charge is -2.29. The number of carboxylic acid groups (broad SMARTS) is 1. The van der Waals surface area contributed by atoms with Gasteiger partial charge < -0.3 is 19.3 Å². The number of methoxy groups -OCH3 is 1. The number of carbonyl (C=O) groups excluding carboxylic acids is 1. The Balaban J connectivity index is 0.000000448. The molecule has 3 aromatic carbocycles. The van der Waals surface area contributed by atoms with Gasteiger partial charge >= 0.3 is 12.1 Å². The molecular weight excluding hydrogens is 511 g/mol. The third kappa shape index (κ3) is 6.64. The highest BCUT2D eigenvalue weighted by molar-refractivity contribution is 5.99. The largest absolute Gasteiger partial charge is 0.495 e. The standard InChI is InChI=1S/C27H25N3O2.C2HF3O2/c1-32-26-17-20(11-12-25(26)30-15-13-28-19-30)16-22-9-5-14-29(27(22)31)18-23-8-4-7-21-6-2-3-10-24(21)23;3-2(4,5)1(6)7/h2-4,6-8,10-13,15-17,19H,5,9,14,18H2,1H3;(H,6,7).